The van der Waals surface area contributed by atoms with Crippen molar-refractivity contribution in [2.45, 2.75) is 19.1 Å². The van der Waals surface area contributed by atoms with Crippen LogP contribution in [0.15, 0.2) is 24.3 Å². The van der Waals surface area contributed by atoms with Crippen LogP contribution in [0.3, 0.4) is 0 Å². The molecule has 15 heavy (non-hydrogen) atoms. The molecular weight excluding hydrogens is 207 g/mol. The fraction of sp³-hybridized carbons (Fsp3) is 0.400. The number of alkyl halides is 3. The summed E-state index contributed by atoms with van der Waals surface area (Å²) in [6.45, 7) is -3.40. The first-order valence-corrected chi connectivity index (χ1v) is 4.50. The first-order valence-electron chi connectivity index (χ1n) is 4.50. The van der Waals surface area contributed by atoms with Crippen molar-refractivity contribution in [1.82, 2.24) is 0 Å². The Balaban J connectivity index is 2.73. The third-order valence-electron chi connectivity index (χ3n) is 1.93. The molecule has 1 aromatic rings. The first kappa shape index (κ1) is 11.8. The molecule has 1 aromatic carbocycles. The SMILES string of the molecule is N[C@@H](CCF)c1cccc(OC(F)F)c1. The summed E-state index contributed by atoms with van der Waals surface area (Å²) in [6.07, 6.45) is 0.165. The lowest BCUT2D eigenvalue weighted by molar-refractivity contribution is -0.0499. The minimum atomic E-state index is -2.86. The van der Waals surface area contributed by atoms with E-state index >= 15 is 0 Å². The van der Waals surface area contributed by atoms with E-state index in [-0.39, 0.29) is 12.2 Å². The highest BCUT2D eigenvalue weighted by Gasteiger charge is 2.09. The van der Waals surface area contributed by atoms with Gasteiger partial charge in [0.05, 0.1) is 6.67 Å². The molecule has 2 nitrogen and oxygen atoms in total. The fourth-order valence-electron chi connectivity index (χ4n) is 1.21. The van der Waals surface area contributed by atoms with Crippen LogP contribution in [0, 0.1) is 0 Å². The Morgan fingerprint density at radius 1 is 1.33 bits per heavy atom. The molecule has 2 N–H and O–H groups in total. The van der Waals surface area contributed by atoms with E-state index in [1.165, 1.54) is 12.1 Å². The van der Waals surface area contributed by atoms with Crippen molar-refractivity contribution in [3.63, 3.8) is 0 Å². The molecule has 1 rings (SSSR count). The molecule has 0 saturated heterocycles. The van der Waals surface area contributed by atoms with E-state index in [0.29, 0.717) is 5.56 Å². The lowest BCUT2D eigenvalue weighted by atomic mass is 10.1. The van der Waals surface area contributed by atoms with Gasteiger partial charge in [-0.2, -0.15) is 8.78 Å². The molecule has 0 aromatic heterocycles. The van der Waals surface area contributed by atoms with Crippen molar-refractivity contribution < 1.29 is 17.9 Å². The summed E-state index contributed by atoms with van der Waals surface area (Å²) >= 11 is 0. The lowest BCUT2D eigenvalue weighted by Gasteiger charge is -2.11. The molecule has 0 aliphatic heterocycles. The molecule has 0 heterocycles. The number of halogens is 3. The normalized spacial score (nSPS) is 12.9. The second-order valence-corrected chi connectivity index (χ2v) is 3.04. The van der Waals surface area contributed by atoms with Crippen LogP contribution in [-0.4, -0.2) is 13.3 Å². The quantitative estimate of drug-likeness (QED) is 0.826. The van der Waals surface area contributed by atoms with Crippen LogP contribution in [0.4, 0.5) is 13.2 Å². The highest BCUT2D eigenvalue weighted by molar-refractivity contribution is 5.30. The standard InChI is InChI=1S/C10H12F3NO/c11-5-4-9(14)7-2-1-3-8(6-7)15-10(12)13/h1-3,6,9-10H,4-5,14H2/t9-/m0/s1. The van der Waals surface area contributed by atoms with Gasteiger partial charge in [-0.3, -0.25) is 4.39 Å². The summed E-state index contributed by atoms with van der Waals surface area (Å²) in [4.78, 5) is 0. The predicted octanol–water partition coefficient (Wildman–Crippen LogP) is 2.65. The summed E-state index contributed by atoms with van der Waals surface area (Å²) < 4.78 is 40.0. The maximum atomic E-state index is 12.0. The summed E-state index contributed by atoms with van der Waals surface area (Å²) in [6, 6.07) is 5.50. The summed E-state index contributed by atoms with van der Waals surface area (Å²) in [5.41, 5.74) is 6.21. The van der Waals surface area contributed by atoms with Crippen LogP contribution in [0.5, 0.6) is 5.75 Å². The Hall–Kier alpha value is -1.23. The summed E-state index contributed by atoms with van der Waals surface area (Å²) in [5.74, 6) is 0.0387. The van der Waals surface area contributed by atoms with Crippen LogP contribution in [0.1, 0.15) is 18.0 Å². The number of nitrogens with two attached hydrogens (primary N) is 1. The molecule has 0 fully saturated rings. The van der Waals surface area contributed by atoms with Gasteiger partial charge >= 0.3 is 6.61 Å². The minimum absolute atomic E-state index is 0.0387. The van der Waals surface area contributed by atoms with Crippen LogP contribution < -0.4 is 10.5 Å². The maximum Gasteiger partial charge on any atom is 0.387 e. The third kappa shape index (κ3) is 3.79. The van der Waals surface area contributed by atoms with Gasteiger partial charge in [-0.15, -0.1) is 0 Å². The topological polar surface area (TPSA) is 35.2 Å². The highest BCUT2D eigenvalue weighted by Crippen LogP contribution is 2.21. The van der Waals surface area contributed by atoms with Crippen molar-refractivity contribution in [2.24, 2.45) is 5.73 Å². The minimum Gasteiger partial charge on any atom is -0.435 e. The van der Waals surface area contributed by atoms with Crippen LogP contribution in [0.2, 0.25) is 0 Å². The average molecular weight is 219 g/mol. The van der Waals surface area contributed by atoms with Crippen LogP contribution in [0.25, 0.3) is 0 Å². The number of rotatable bonds is 5. The van der Waals surface area contributed by atoms with Crippen LogP contribution in [-0.2, 0) is 0 Å². The van der Waals surface area contributed by atoms with E-state index in [0.717, 1.165) is 0 Å². The predicted molar refractivity (Wildman–Crippen MR) is 50.6 cm³/mol. The van der Waals surface area contributed by atoms with Gasteiger partial charge in [0.15, 0.2) is 0 Å². The van der Waals surface area contributed by atoms with Gasteiger partial charge in [-0.1, -0.05) is 12.1 Å². The summed E-state index contributed by atoms with van der Waals surface area (Å²) in [7, 11) is 0. The first-order chi connectivity index (χ1) is 7.13. The zero-order valence-electron chi connectivity index (χ0n) is 8.00. The van der Waals surface area contributed by atoms with E-state index in [2.05, 4.69) is 4.74 Å². The second-order valence-electron chi connectivity index (χ2n) is 3.04. The largest absolute Gasteiger partial charge is 0.435 e. The smallest absolute Gasteiger partial charge is 0.387 e. The van der Waals surface area contributed by atoms with E-state index in [4.69, 9.17) is 5.73 Å². The highest BCUT2D eigenvalue weighted by atomic mass is 19.3. The van der Waals surface area contributed by atoms with Crippen molar-refractivity contribution in [3.8, 4) is 5.75 Å². The average Bonchev–Trinajstić information content (AvgIpc) is 2.17. The summed E-state index contributed by atoms with van der Waals surface area (Å²) in [5, 5.41) is 0. The Bertz CT molecular complexity index is 306. The van der Waals surface area contributed by atoms with E-state index < -0.39 is 19.3 Å². The van der Waals surface area contributed by atoms with Crippen LogP contribution >= 0.6 is 0 Å². The Morgan fingerprint density at radius 3 is 2.67 bits per heavy atom. The maximum absolute atomic E-state index is 12.0. The zero-order valence-corrected chi connectivity index (χ0v) is 8.00. The molecule has 0 aliphatic rings. The Labute approximate surface area is 85.8 Å². The van der Waals surface area contributed by atoms with Gasteiger partial charge in [0.25, 0.3) is 0 Å². The van der Waals surface area contributed by atoms with Gasteiger partial charge < -0.3 is 10.5 Å². The second kappa shape index (κ2) is 5.60. The molecule has 0 saturated carbocycles. The number of ether oxygens (including phenoxy) is 1. The molecule has 0 amide bonds. The lowest BCUT2D eigenvalue weighted by Crippen LogP contribution is -2.11. The molecule has 5 heteroatoms. The van der Waals surface area contributed by atoms with Gasteiger partial charge in [-0.25, -0.2) is 0 Å². The Kier molecular flexibility index (Phi) is 4.42. The molecular formula is C10H12F3NO. The fourth-order valence-corrected chi connectivity index (χ4v) is 1.21. The molecule has 0 bridgehead atoms. The van der Waals surface area contributed by atoms with E-state index in [1.807, 2.05) is 0 Å². The molecule has 0 unspecified atom stereocenters. The zero-order chi connectivity index (χ0) is 11.3. The molecule has 0 aliphatic carbocycles. The van der Waals surface area contributed by atoms with Gasteiger partial charge in [-0.05, 0) is 24.1 Å². The number of hydrogen-bond donors (Lipinski definition) is 1. The number of hydrogen-bond acceptors (Lipinski definition) is 2. The van der Waals surface area contributed by atoms with Gasteiger partial charge in [0.1, 0.15) is 5.75 Å². The van der Waals surface area contributed by atoms with Gasteiger partial charge in [0, 0.05) is 6.04 Å². The number of benzene rings is 1. The third-order valence-corrected chi connectivity index (χ3v) is 1.93. The van der Waals surface area contributed by atoms with E-state index in [9.17, 15) is 13.2 Å². The molecule has 84 valence electrons. The molecule has 0 spiro atoms. The van der Waals surface area contributed by atoms with Gasteiger partial charge in [0.2, 0.25) is 0 Å². The van der Waals surface area contributed by atoms with Crippen molar-refractivity contribution in [2.75, 3.05) is 6.67 Å². The van der Waals surface area contributed by atoms with Crippen molar-refractivity contribution >= 4 is 0 Å². The molecule has 1 atom stereocenters. The Morgan fingerprint density at radius 2 is 2.07 bits per heavy atom. The monoisotopic (exact) mass is 219 g/mol. The van der Waals surface area contributed by atoms with Crippen molar-refractivity contribution in [3.05, 3.63) is 29.8 Å². The van der Waals surface area contributed by atoms with Crippen molar-refractivity contribution in [1.29, 1.82) is 0 Å². The van der Waals surface area contributed by atoms with E-state index in [1.54, 1.807) is 12.1 Å². The molecule has 0 radical (unpaired) electrons.